The summed E-state index contributed by atoms with van der Waals surface area (Å²) in [5.74, 6) is -0.441. The van der Waals surface area contributed by atoms with Crippen LogP contribution in [-0.2, 0) is 30.8 Å². The molecule has 0 saturated carbocycles. The highest BCUT2D eigenvalue weighted by Crippen LogP contribution is 2.24. The van der Waals surface area contributed by atoms with Gasteiger partial charge in [0, 0.05) is 39.0 Å². The van der Waals surface area contributed by atoms with Gasteiger partial charge in [0.25, 0.3) is 5.56 Å². The first-order chi connectivity index (χ1) is 14.1. The van der Waals surface area contributed by atoms with Crippen molar-refractivity contribution in [2.45, 2.75) is 38.6 Å². The summed E-state index contributed by atoms with van der Waals surface area (Å²) in [5.41, 5.74) is -0.189. The second kappa shape index (κ2) is 8.25. The Morgan fingerprint density at radius 3 is 2.57 bits per heavy atom. The number of hydrogen-bond donors (Lipinski definition) is 1. The van der Waals surface area contributed by atoms with E-state index in [1.807, 2.05) is 13.8 Å². The Kier molecular flexibility index (Phi) is 5.91. The van der Waals surface area contributed by atoms with Crippen LogP contribution in [-0.4, -0.2) is 31.1 Å². The number of imidazole rings is 1. The summed E-state index contributed by atoms with van der Waals surface area (Å²) in [5, 5.41) is 2.86. The van der Waals surface area contributed by atoms with Crippen molar-refractivity contribution in [2.75, 3.05) is 6.54 Å². The van der Waals surface area contributed by atoms with Crippen molar-refractivity contribution in [3.63, 3.8) is 0 Å². The van der Waals surface area contributed by atoms with Crippen LogP contribution in [0.4, 0.5) is 4.39 Å². The average molecular weight is 415 g/mol. The fourth-order valence-electron chi connectivity index (χ4n) is 3.49. The Bertz CT molecular complexity index is 1210. The van der Waals surface area contributed by atoms with Gasteiger partial charge in [-0.2, -0.15) is 0 Å². The predicted octanol–water partition coefficient (Wildman–Crippen LogP) is 1.45. The van der Waals surface area contributed by atoms with Crippen molar-refractivity contribution in [1.29, 1.82) is 0 Å². The highest BCUT2D eigenvalue weighted by atomic mass is 19.1. The number of hydrogen-bond acceptors (Lipinski definition) is 4. The van der Waals surface area contributed by atoms with E-state index in [4.69, 9.17) is 0 Å². The maximum absolute atomic E-state index is 14.0. The van der Waals surface area contributed by atoms with Crippen LogP contribution in [0.1, 0.15) is 32.3 Å². The number of halogens is 1. The van der Waals surface area contributed by atoms with Crippen LogP contribution in [0.15, 0.2) is 40.2 Å². The second-order valence-corrected chi connectivity index (χ2v) is 8.06. The molecule has 0 saturated heterocycles. The summed E-state index contributed by atoms with van der Waals surface area (Å²) >= 11 is 0. The van der Waals surface area contributed by atoms with Gasteiger partial charge in [0.2, 0.25) is 5.91 Å². The Morgan fingerprint density at radius 2 is 1.87 bits per heavy atom. The number of nitrogens with one attached hydrogen (secondary N) is 1. The molecule has 9 heteroatoms. The minimum absolute atomic E-state index is 0.149. The molecule has 0 aliphatic carbocycles. The molecule has 0 radical (unpaired) electrons. The zero-order valence-electron chi connectivity index (χ0n) is 17.6. The predicted molar refractivity (Wildman–Crippen MR) is 112 cm³/mol. The Balaban J connectivity index is 1.61. The molecule has 2 heterocycles. The summed E-state index contributed by atoms with van der Waals surface area (Å²) in [6.45, 7) is 4.48. The van der Waals surface area contributed by atoms with E-state index in [9.17, 15) is 18.8 Å². The summed E-state index contributed by atoms with van der Waals surface area (Å²) < 4.78 is 18.1. The highest BCUT2D eigenvalue weighted by molar-refractivity contribution is 5.76. The lowest BCUT2D eigenvalue weighted by Crippen LogP contribution is -2.37. The fraction of sp³-hybridized carbons (Fsp3) is 0.429. The zero-order chi connectivity index (χ0) is 22.1. The van der Waals surface area contributed by atoms with E-state index in [1.54, 1.807) is 29.8 Å². The highest BCUT2D eigenvalue weighted by Gasteiger charge is 2.24. The molecule has 0 spiro atoms. The number of carbonyl (C=O) groups excluding carboxylic acids is 1. The normalized spacial score (nSPS) is 11.8. The minimum atomic E-state index is -0.543. The number of amides is 1. The zero-order valence-corrected chi connectivity index (χ0v) is 17.6. The topological polar surface area (TPSA) is 90.9 Å². The van der Waals surface area contributed by atoms with Crippen LogP contribution < -0.4 is 16.6 Å². The van der Waals surface area contributed by atoms with Crippen LogP contribution >= 0.6 is 0 Å². The Labute approximate surface area is 173 Å². The average Bonchev–Trinajstić information content (AvgIpc) is 3.13. The first-order valence-electron chi connectivity index (χ1n) is 9.76. The Hall–Kier alpha value is -3.23. The smallest absolute Gasteiger partial charge is 0.332 e. The summed E-state index contributed by atoms with van der Waals surface area (Å²) in [6.07, 6.45) is 2.24. The largest absolute Gasteiger partial charge is 0.355 e. The standard InChI is InChI=1S/C21H26FN5O3/c1-21(2,14-8-5-6-9-15(14)22)12-23-16(28)10-7-11-27-13-24-18-17(27)19(29)26(4)20(30)25(18)3/h5-6,8-9,13H,7,10-12H2,1-4H3,(H,23,28). The van der Waals surface area contributed by atoms with Gasteiger partial charge in [0.1, 0.15) is 5.82 Å². The van der Waals surface area contributed by atoms with Crippen LogP contribution in [0.2, 0.25) is 0 Å². The number of aryl methyl sites for hydroxylation is 2. The SMILES string of the molecule is Cn1c(=O)c2c(ncn2CCCC(=O)NCC(C)(C)c2ccccc2F)n(C)c1=O. The van der Waals surface area contributed by atoms with E-state index >= 15 is 0 Å². The molecular weight excluding hydrogens is 389 g/mol. The van der Waals surface area contributed by atoms with E-state index in [-0.39, 0.29) is 18.1 Å². The molecule has 3 rings (SSSR count). The van der Waals surface area contributed by atoms with Gasteiger partial charge in [-0.05, 0) is 18.1 Å². The van der Waals surface area contributed by atoms with Gasteiger partial charge in [-0.15, -0.1) is 0 Å². The number of benzene rings is 1. The third-order valence-corrected chi connectivity index (χ3v) is 5.35. The van der Waals surface area contributed by atoms with E-state index in [0.29, 0.717) is 36.2 Å². The molecule has 3 aromatic rings. The summed E-state index contributed by atoms with van der Waals surface area (Å²) in [4.78, 5) is 40.9. The molecule has 0 aliphatic rings. The molecule has 1 N–H and O–H groups in total. The van der Waals surface area contributed by atoms with Crippen molar-refractivity contribution < 1.29 is 9.18 Å². The first kappa shape index (κ1) is 21.5. The lowest BCUT2D eigenvalue weighted by atomic mass is 9.84. The summed E-state index contributed by atoms with van der Waals surface area (Å²) in [7, 11) is 2.98. The fourth-order valence-corrected chi connectivity index (χ4v) is 3.49. The maximum Gasteiger partial charge on any atom is 0.332 e. The van der Waals surface area contributed by atoms with Crippen LogP contribution in [0.3, 0.4) is 0 Å². The van der Waals surface area contributed by atoms with Crippen molar-refractivity contribution in [1.82, 2.24) is 24.0 Å². The number of rotatable bonds is 7. The number of fused-ring (bicyclic) bond motifs is 1. The van der Waals surface area contributed by atoms with Gasteiger partial charge in [-0.1, -0.05) is 32.0 Å². The van der Waals surface area contributed by atoms with Crippen molar-refractivity contribution in [2.24, 2.45) is 14.1 Å². The lowest BCUT2D eigenvalue weighted by Gasteiger charge is -2.26. The number of aromatic nitrogens is 4. The monoisotopic (exact) mass is 415 g/mol. The molecule has 0 unspecified atom stereocenters. The molecule has 0 fully saturated rings. The Morgan fingerprint density at radius 1 is 1.17 bits per heavy atom. The molecule has 160 valence electrons. The maximum atomic E-state index is 14.0. The molecule has 0 bridgehead atoms. The lowest BCUT2D eigenvalue weighted by molar-refractivity contribution is -0.121. The van der Waals surface area contributed by atoms with Gasteiger partial charge < -0.3 is 9.88 Å². The summed E-state index contributed by atoms with van der Waals surface area (Å²) in [6, 6.07) is 6.55. The molecule has 1 aromatic carbocycles. The van der Waals surface area contributed by atoms with Crippen LogP contribution in [0.25, 0.3) is 11.2 Å². The van der Waals surface area contributed by atoms with E-state index in [2.05, 4.69) is 10.3 Å². The van der Waals surface area contributed by atoms with E-state index < -0.39 is 16.7 Å². The van der Waals surface area contributed by atoms with Crippen LogP contribution in [0, 0.1) is 5.82 Å². The molecular formula is C21H26FN5O3. The number of nitrogens with zero attached hydrogens (tertiary/aromatic N) is 4. The molecule has 0 atom stereocenters. The van der Waals surface area contributed by atoms with E-state index in [0.717, 1.165) is 4.57 Å². The van der Waals surface area contributed by atoms with Crippen LogP contribution in [0.5, 0.6) is 0 Å². The molecule has 0 aliphatic heterocycles. The molecule has 30 heavy (non-hydrogen) atoms. The first-order valence-corrected chi connectivity index (χ1v) is 9.76. The molecule has 1 amide bonds. The van der Waals surface area contributed by atoms with Crippen molar-refractivity contribution in [3.05, 3.63) is 62.8 Å². The van der Waals surface area contributed by atoms with Crippen molar-refractivity contribution >= 4 is 17.1 Å². The van der Waals surface area contributed by atoms with Gasteiger partial charge >= 0.3 is 5.69 Å². The minimum Gasteiger partial charge on any atom is -0.355 e. The molecule has 2 aromatic heterocycles. The van der Waals surface area contributed by atoms with Gasteiger partial charge in [0.15, 0.2) is 11.2 Å². The van der Waals surface area contributed by atoms with Gasteiger partial charge in [0.05, 0.1) is 6.33 Å². The third-order valence-electron chi connectivity index (χ3n) is 5.35. The quantitative estimate of drug-likeness (QED) is 0.632. The van der Waals surface area contributed by atoms with Gasteiger partial charge in [-0.3, -0.25) is 18.7 Å². The van der Waals surface area contributed by atoms with Crippen molar-refractivity contribution in [3.8, 4) is 0 Å². The second-order valence-electron chi connectivity index (χ2n) is 8.06. The van der Waals surface area contributed by atoms with E-state index in [1.165, 1.54) is 24.0 Å². The molecule has 8 nitrogen and oxygen atoms in total. The third kappa shape index (κ3) is 4.05. The number of carbonyl (C=O) groups is 1. The van der Waals surface area contributed by atoms with Gasteiger partial charge in [-0.25, -0.2) is 14.2 Å².